The first-order valence-corrected chi connectivity index (χ1v) is 10.9. The van der Waals surface area contributed by atoms with Gasteiger partial charge in [0.25, 0.3) is 0 Å². The molecule has 0 saturated carbocycles. The normalized spacial score (nSPS) is 11.2. The highest BCUT2D eigenvalue weighted by Gasteiger charge is 2.15. The lowest BCUT2D eigenvalue weighted by Crippen LogP contribution is -2.20. The number of hydrogen-bond acceptors (Lipinski definition) is 6. The average Bonchev–Trinajstić information content (AvgIpc) is 3.29. The van der Waals surface area contributed by atoms with Crippen LogP contribution in [0.1, 0.15) is 21.5 Å². The zero-order valence-electron chi connectivity index (χ0n) is 18.6. The fourth-order valence-electron chi connectivity index (χ4n) is 4.13. The van der Waals surface area contributed by atoms with Crippen molar-refractivity contribution in [2.75, 3.05) is 12.8 Å². The van der Waals surface area contributed by atoms with Gasteiger partial charge < -0.3 is 15.0 Å². The molecule has 0 aliphatic heterocycles. The first kappa shape index (κ1) is 21.4. The molecule has 0 amide bonds. The maximum Gasteiger partial charge on any atom is 0.337 e. The van der Waals surface area contributed by atoms with E-state index in [4.69, 9.17) is 10.5 Å². The third kappa shape index (κ3) is 4.01. The Hall–Kier alpha value is -4.46. The Bertz CT molecular complexity index is 1570. The minimum Gasteiger partial charge on any atom is -0.465 e. The van der Waals surface area contributed by atoms with E-state index in [9.17, 15) is 9.59 Å². The van der Waals surface area contributed by atoms with Crippen molar-refractivity contribution in [2.45, 2.75) is 19.5 Å². The van der Waals surface area contributed by atoms with Crippen LogP contribution in [-0.4, -0.2) is 32.2 Å². The molecule has 8 nitrogen and oxygen atoms in total. The van der Waals surface area contributed by atoms with Crippen LogP contribution in [0.25, 0.3) is 21.9 Å². The molecule has 170 valence electrons. The molecule has 5 rings (SSSR count). The number of fused-ring (bicyclic) bond motifs is 2. The van der Waals surface area contributed by atoms with E-state index in [1.54, 1.807) is 27.6 Å². The van der Waals surface area contributed by atoms with E-state index in [2.05, 4.69) is 34.2 Å². The number of methoxy groups -OCH3 is 1. The van der Waals surface area contributed by atoms with E-state index in [0.717, 1.165) is 21.9 Å². The number of nitrogen functional groups attached to an aromatic ring is 1. The van der Waals surface area contributed by atoms with E-state index in [1.165, 1.54) is 7.11 Å². The molecule has 0 unspecified atom stereocenters. The maximum absolute atomic E-state index is 12.7. The minimum atomic E-state index is -0.402. The molecule has 3 aromatic carbocycles. The van der Waals surface area contributed by atoms with E-state index in [-0.39, 0.29) is 11.9 Å². The van der Waals surface area contributed by atoms with Crippen molar-refractivity contribution in [2.24, 2.45) is 0 Å². The van der Waals surface area contributed by atoms with Crippen molar-refractivity contribution >= 4 is 33.9 Å². The highest BCUT2D eigenvalue weighted by molar-refractivity contribution is 5.89. The lowest BCUT2D eigenvalue weighted by Gasteiger charge is -2.12. The molecule has 5 aromatic rings. The molecule has 2 N–H and O–H groups in total. The molecule has 0 aliphatic carbocycles. The molecule has 2 aromatic heterocycles. The summed E-state index contributed by atoms with van der Waals surface area (Å²) in [4.78, 5) is 32.9. The fraction of sp³-hybridized carbons (Fsp3) is 0.154. The van der Waals surface area contributed by atoms with Crippen LogP contribution in [0.3, 0.4) is 0 Å². The number of ether oxygens (including phenoxy) is 1. The molecule has 0 atom stereocenters. The monoisotopic (exact) mass is 453 g/mol. The first-order chi connectivity index (χ1) is 16.5. The van der Waals surface area contributed by atoms with Crippen LogP contribution in [0.4, 0.5) is 5.95 Å². The van der Waals surface area contributed by atoms with Gasteiger partial charge in [-0.05, 0) is 46.5 Å². The predicted octanol–water partition coefficient (Wildman–Crippen LogP) is 3.41. The highest BCUT2D eigenvalue weighted by Crippen LogP contribution is 2.19. The number of anilines is 1. The van der Waals surface area contributed by atoms with E-state index in [0.29, 0.717) is 36.2 Å². The maximum atomic E-state index is 12.7. The highest BCUT2D eigenvalue weighted by atomic mass is 16.5. The van der Waals surface area contributed by atoms with Gasteiger partial charge in [-0.25, -0.2) is 9.78 Å². The molecule has 0 saturated heterocycles. The van der Waals surface area contributed by atoms with E-state index >= 15 is 0 Å². The second-order valence-electron chi connectivity index (χ2n) is 8.09. The lowest BCUT2D eigenvalue weighted by molar-refractivity contribution is 0.0600. The molecule has 0 radical (unpaired) electrons. The van der Waals surface area contributed by atoms with Crippen molar-refractivity contribution < 1.29 is 9.53 Å². The second-order valence-corrected chi connectivity index (χ2v) is 8.09. The number of aryl methyl sites for hydroxylation is 2. The zero-order chi connectivity index (χ0) is 23.7. The SMILES string of the molecule is COC(=O)c1ccc(CCn2cnc3c2c(=O)nc(N)n3Cc2ccc3ccccc3c2)cc1. The molecule has 2 heterocycles. The standard InChI is InChI=1S/C26H23N5O3/c1-34-25(33)20-10-6-17(7-11-20)12-13-30-16-28-23-22(30)24(32)29-26(27)31(23)15-18-8-9-19-4-2-3-5-21(19)14-18/h2-11,14,16H,12-13,15H2,1H3,(H2,27,29,32). The molecular weight excluding hydrogens is 430 g/mol. The number of carbonyl (C=O) groups excluding carboxylic acids is 1. The van der Waals surface area contributed by atoms with Crippen LogP contribution in [0.2, 0.25) is 0 Å². The summed E-state index contributed by atoms with van der Waals surface area (Å²) in [5, 5.41) is 2.29. The van der Waals surface area contributed by atoms with Gasteiger partial charge in [-0.15, -0.1) is 0 Å². The topological polar surface area (TPSA) is 105 Å². The average molecular weight is 454 g/mol. The largest absolute Gasteiger partial charge is 0.465 e. The summed E-state index contributed by atoms with van der Waals surface area (Å²) in [6.07, 6.45) is 2.30. The van der Waals surface area contributed by atoms with Gasteiger partial charge in [-0.3, -0.25) is 9.36 Å². The van der Waals surface area contributed by atoms with Crippen LogP contribution < -0.4 is 11.3 Å². The molecule has 8 heteroatoms. The number of aromatic nitrogens is 4. The smallest absolute Gasteiger partial charge is 0.337 e. The molecule has 0 bridgehead atoms. The van der Waals surface area contributed by atoms with Gasteiger partial charge in [0.15, 0.2) is 11.2 Å². The number of carbonyl (C=O) groups is 1. The van der Waals surface area contributed by atoms with Gasteiger partial charge in [-0.2, -0.15) is 4.98 Å². The van der Waals surface area contributed by atoms with Crippen LogP contribution in [0, 0.1) is 0 Å². The van der Waals surface area contributed by atoms with Crippen molar-refractivity contribution in [3.05, 3.63) is 100 Å². The Balaban J connectivity index is 1.43. The number of benzene rings is 3. The number of hydrogen-bond donors (Lipinski definition) is 1. The lowest BCUT2D eigenvalue weighted by atomic mass is 10.1. The Morgan fingerprint density at radius 3 is 2.50 bits per heavy atom. The Morgan fingerprint density at radius 2 is 1.74 bits per heavy atom. The zero-order valence-corrected chi connectivity index (χ0v) is 18.6. The predicted molar refractivity (Wildman–Crippen MR) is 131 cm³/mol. The van der Waals surface area contributed by atoms with Gasteiger partial charge in [0, 0.05) is 6.54 Å². The first-order valence-electron chi connectivity index (χ1n) is 10.9. The summed E-state index contributed by atoms with van der Waals surface area (Å²) in [7, 11) is 1.36. The Morgan fingerprint density at radius 1 is 1.00 bits per heavy atom. The Kier molecular flexibility index (Phi) is 5.55. The molecule has 0 spiro atoms. The number of nitrogens with two attached hydrogens (primary N) is 1. The quantitative estimate of drug-likeness (QED) is 0.395. The second kappa shape index (κ2) is 8.82. The van der Waals surface area contributed by atoms with E-state index < -0.39 is 5.56 Å². The van der Waals surface area contributed by atoms with Crippen LogP contribution in [-0.2, 0) is 24.2 Å². The summed E-state index contributed by atoms with van der Waals surface area (Å²) in [6.45, 7) is 0.983. The van der Waals surface area contributed by atoms with Crippen LogP contribution >= 0.6 is 0 Å². The summed E-state index contributed by atoms with van der Waals surface area (Å²) >= 11 is 0. The Labute approximate surface area is 195 Å². The van der Waals surface area contributed by atoms with Gasteiger partial charge in [-0.1, -0.05) is 48.5 Å². The summed E-state index contributed by atoms with van der Waals surface area (Å²) < 4.78 is 8.30. The number of nitrogens with zero attached hydrogens (tertiary/aromatic N) is 4. The number of esters is 1. The van der Waals surface area contributed by atoms with Gasteiger partial charge in [0.1, 0.15) is 0 Å². The van der Waals surface area contributed by atoms with E-state index in [1.807, 2.05) is 30.3 Å². The molecule has 34 heavy (non-hydrogen) atoms. The molecular formula is C26H23N5O3. The van der Waals surface area contributed by atoms with Crippen molar-refractivity contribution in [1.29, 1.82) is 0 Å². The fourth-order valence-corrected chi connectivity index (χ4v) is 4.13. The van der Waals surface area contributed by atoms with Crippen LogP contribution in [0.15, 0.2) is 77.9 Å². The van der Waals surface area contributed by atoms with Crippen molar-refractivity contribution in [3.63, 3.8) is 0 Å². The third-order valence-corrected chi connectivity index (χ3v) is 5.94. The van der Waals surface area contributed by atoms with Gasteiger partial charge >= 0.3 is 11.5 Å². The van der Waals surface area contributed by atoms with Crippen molar-refractivity contribution in [3.8, 4) is 0 Å². The van der Waals surface area contributed by atoms with Gasteiger partial charge in [0.05, 0.1) is 25.5 Å². The summed E-state index contributed by atoms with van der Waals surface area (Å²) in [6, 6.07) is 21.6. The number of imidazole rings is 1. The van der Waals surface area contributed by atoms with Crippen LogP contribution in [0.5, 0.6) is 0 Å². The summed E-state index contributed by atoms with van der Waals surface area (Å²) in [5.41, 5.74) is 9.22. The summed E-state index contributed by atoms with van der Waals surface area (Å²) in [5.74, 6) is -0.239. The third-order valence-electron chi connectivity index (χ3n) is 5.94. The van der Waals surface area contributed by atoms with Crippen molar-refractivity contribution in [1.82, 2.24) is 19.1 Å². The number of rotatable bonds is 6. The molecule has 0 aliphatic rings. The molecule has 0 fully saturated rings. The van der Waals surface area contributed by atoms with Gasteiger partial charge in [0.2, 0.25) is 5.95 Å². The minimum absolute atomic E-state index is 0.134.